The third-order valence-corrected chi connectivity index (χ3v) is 4.98. The smallest absolute Gasteiger partial charge is 0.329 e. The zero-order valence-corrected chi connectivity index (χ0v) is 17.1. The van der Waals surface area contributed by atoms with E-state index in [1.807, 2.05) is 56.3 Å². The molecule has 1 amide bonds. The number of nitriles is 1. The SMILES string of the molecule is CC(C)[C@H](NC(=O)Cc1cccc2ccccc12)C(=O)OCc1ccccc1C#N. The van der Waals surface area contributed by atoms with Crippen molar-refractivity contribution in [1.29, 1.82) is 5.26 Å². The van der Waals surface area contributed by atoms with E-state index in [1.54, 1.807) is 24.3 Å². The minimum Gasteiger partial charge on any atom is -0.459 e. The lowest BCUT2D eigenvalue weighted by molar-refractivity contribution is -0.150. The average molecular weight is 400 g/mol. The van der Waals surface area contributed by atoms with E-state index in [0.29, 0.717) is 11.1 Å². The standard InChI is InChI=1S/C25H24N2O3/c1-17(2)24(25(29)30-16-21-10-4-3-9-20(21)15-26)27-23(28)14-19-12-7-11-18-8-5-6-13-22(18)19/h3-13,17,24H,14,16H2,1-2H3,(H,27,28)/t24-/m0/s1. The summed E-state index contributed by atoms with van der Waals surface area (Å²) in [6.07, 6.45) is 0.176. The summed E-state index contributed by atoms with van der Waals surface area (Å²) in [7, 11) is 0. The van der Waals surface area contributed by atoms with Crippen LogP contribution in [-0.2, 0) is 27.4 Å². The summed E-state index contributed by atoms with van der Waals surface area (Å²) in [5.74, 6) is -0.886. The molecule has 1 atom stereocenters. The predicted molar refractivity (Wildman–Crippen MR) is 115 cm³/mol. The number of fused-ring (bicyclic) bond motifs is 1. The summed E-state index contributed by atoms with van der Waals surface area (Å²) < 4.78 is 5.41. The van der Waals surface area contributed by atoms with Crippen molar-refractivity contribution in [3.8, 4) is 6.07 Å². The van der Waals surface area contributed by atoms with Crippen LogP contribution in [0.15, 0.2) is 66.7 Å². The second kappa shape index (κ2) is 9.71. The molecule has 0 aliphatic carbocycles. The van der Waals surface area contributed by atoms with Crippen molar-refractivity contribution in [3.63, 3.8) is 0 Å². The van der Waals surface area contributed by atoms with Gasteiger partial charge in [0.25, 0.3) is 0 Å². The lowest BCUT2D eigenvalue weighted by Gasteiger charge is -2.21. The molecule has 0 fully saturated rings. The predicted octanol–water partition coefficient (Wildman–Crippen LogP) is 4.14. The molecule has 1 N–H and O–H groups in total. The number of carbonyl (C=O) groups excluding carboxylic acids is 2. The van der Waals surface area contributed by atoms with Crippen LogP contribution in [0.25, 0.3) is 10.8 Å². The zero-order chi connectivity index (χ0) is 21.5. The number of amides is 1. The minimum absolute atomic E-state index is 0.00895. The van der Waals surface area contributed by atoms with Gasteiger partial charge in [-0.15, -0.1) is 0 Å². The highest BCUT2D eigenvalue weighted by atomic mass is 16.5. The highest BCUT2D eigenvalue weighted by Crippen LogP contribution is 2.19. The average Bonchev–Trinajstić information content (AvgIpc) is 2.76. The molecule has 0 saturated heterocycles. The van der Waals surface area contributed by atoms with Crippen molar-refractivity contribution in [2.75, 3.05) is 0 Å². The first-order valence-electron chi connectivity index (χ1n) is 9.90. The number of benzene rings is 3. The number of esters is 1. The van der Waals surface area contributed by atoms with E-state index in [9.17, 15) is 9.59 Å². The number of nitrogens with one attached hydrogen (secondary N) is 1. The summed E-state index contributed by atoms with van der Waals surface area (Å²) in [5, 5.41) is 14.1. The molecule has 3 rings (SSSR count). The Kier molecular flexibility index (Phi) is 6.82. The van der Waals surface area contributed by atoms with Crippen LogP contribution in [0.4, 0.5) is 0 Å². The third-order valence-electron chi connectivity index (χ3n) is 4.98. The number of nitrogens with zero attached hydrogens (tertiary/aromatic N) is 1. The molecule has 0 unspecified atom stereocenters. The van der Waals surface area contributed by atoms with Crippen LogP contribution in [0.1, 0.15) is 30.5 Å². The van der Waals surface area contributed by atoms with Crippen molar-refractivity contribution < 1.29 is 14.3 Å². The van der Waals surface area contributed by atoms with Gasteiger partial charge in [0.2, 0.25) is 5.91 Å². The van der Waals surface area contributed by atoms with Crippen LogP contribution in [-0.4, -0.2) is 17.9 Å². The first-order valence-corrected chi connectivity index (χ1v) is 9.90. The van der Waals surface area contributed by atoms with E-state index >= 15 is 0 Å². The highest BCUT2D eigenvalue weighted by Gasteiger charge is 2.26. The maximum atomic E-state index is 12.7. The second-order valence-electron chi connectivity index (χ2n) is 7.48. The molecule has 152 valence electrons. The highest BCUT2D eigenvalue weighted by molar-refractivity contribution is 5.91. The first-order chi connectivity index (χ1) is 14.5. The maximum absolute atomic E-state index is 12.7. The fourth-order valence-electron chi connectivity index (χ4n) is 3.34. The molecule has 0 aliphatic heterocycles. The maximum Gasteiger partial charge on any atom is 0.329 e. The van der Waals surface area contributed by atoms with Crippen LogP contribution in [0.2, 0.25) is 0 Å². The zero-order valence-electron chi connectivity index (χ0n) is 17.1. The van der Waals surface area contributed by atoms with Gasteiger partial charge in [0, 0.05) is 5.56 Å². The fraction of sp³-hybridized carbons (Fsp3) is 0.240. The van der Waals surface area contributed by atoms with Gasteiger partial charge in [-0.1, -0.05) is 74.5 Å². The van der Waals surface area contributed by atoms with Gasteiger partial charge in [-0.3, -0.25) is 4.79 Å². The Balaban J connectivity index is 1.66. The molecule has 0 heterocycles. The van der Waals surface area contributed by atoms with Crippen molar-refractivity contribution in [2.45, 2.75) is 32.9 Å². The molecule has 0 aromatic heterocycles. The molecule has 0 aliphatic rings. The lowest BCUT2D eigenvalue weighted by atomic mass is 10.0. The molecule has 0 spiro atoms. The lowest BCUT2D eigenvalue weighted by Crippen LogP contribution is -2.45. The van der Waals surface area contributed by atoms with Crippen molar-refractivity contribution in [1.82, 2.24) is 5.32 Å². The summed E-state index contributed by atoms with van der Waals surface area (Å²) in [6, 6.07) is 22.0. The van der Waals surface area contributed by atoms with Gasteiger partial charge in [0.1, 0.15) is 12.6 Å². The molecule has 5 heteroatoms. The van der Waals surface area contributed by atoms with E-state index in [4.69, 9.17) is 10.00 Å². The van der Waals surface area contributed by atoms with E-state index < -0.39 is 12.0 Å². The van der Waals surface area contributed by atoms with Crippen LogP contribution < -0.4 is 5.32 Å². The summed E-state index contributed by atoms with van der Waals surface area (Å²) in [5.41, 5.74) is 2.01. The van der Waals surface area contributed by atoms with Gasteiger partial charge < -0.3 is 10.1 Å². The minimum atomic E-state index is -0.762. The Bertz CT molecular complexity index is 1090. The van der Waals surface area contributed by atoms with Crippen molar-refractivity contribution >= 4 is 22.6 Å². The molecular weight excluding hydrogens is 376 g/mol. The monoisotopic (exact) mass is 400 g/mol. The molecule has 0 radical (unpaired) electrons. The van der Waals surface area contributed by atoms with Gasteiger partial charge >= 0.3 is 5.97 Å². The van der Waals surface area contributed by atoms with Crippen LogP contribution >= 0.6 is 0 Å². The topological polar surface area (TPSA) is 79.2 Å². The molecular formula is C25H24N2O3. The number of hydrogen-bond acceptors (Lipinski definition) is 4. The van der Waals surface area contributed by atoms with E-state index in [0.717, 1.165) is 16.3 Å². The van der Waals surface area contributed by atoms with Crippen LogP contribution in [0, 0.1) is 17.2 Å². The van der Waals surface area contributed by atoms with Crippen molar-refractivity contribution in [3.05, 3.63) is 83.4 Å². The summed E-state index contributed by atoms with van der Waals surface area (Å²) in [4.78, 5) is 25.3. The molecule has 0 saturated carbocycles. The fourth-order valence-corrected chi connectivity index (χ4v) is 3.34. The van der Waals surface area contributed by atoms with E-state index in [1.165, 1.54) is 0 Å². The number of hydrogen-bond donors (Lipinski definition) is 1. The number of ether oxygens (including phenoxy) is 1. The van der Waals surface area contributed by atoms with Gasteiger partial charge in [0.05, 0.1) is 18.1 Å². The van der Waals surface area contributed by atoms with Gasteiger partial charge in [-0.2, -0.15) is 5.26 Å². The van der Waals surface area contributed by atoms with Crippen LogP contribution in [0.5, 0.6) is 0 Å². The summed E-state index contributed by atoms with van der Waals surface area (Å²) >= 11 is 0. The molecule has 3 aromatic carbocycles. The molecule has 3 aromatic rings. The Labute approximate surface area is 176 Å². The quantitative estimate of drug-likeness (QED) is 0.605. The third kappa shape index (κ3) is 5.03. The molecule has 0 bridgehead atoms. The van der Waals surface area contributed by atoms with Crippen molar-refractivity contribution in [2.24, 2.45) is 5.92 Å². The van der Waals surface area contributed by atoms with Gasteiger partial charge in [-0.25, -0.2) is 4.79 Å². The second-order valence-corrected chi connectivity index (χ2v) is 7.48. The Morgan fingerprint density at radius 2 is 1.63 bits per heavy atom. The number of carbonyl (C=O) groups is 2. The normalized spacial score (nSPS) is 11.7. The van der Waals surface area contributed by atoms with Gasteiger partial charge in [-0.05, 0) is 28.3 Å². The summed E-state index contributed by atoms with van der Waals surface area (Å²) in [6.45, 7) is 3.70. The Morgan fingerprint density at radius 1 is 0.967 bits per heavy atom. The Hall–Kier alpha value is -3.65. The number of rotatable bonds is 7. The first kappa shape index (κ1) is 21.1. The van der Waals surface area contributed by atoms with E-state index in [-0.39, 0.29) is 24.9 Å². The van der Waals surface area contributed by atoms with Gasteiger partial charge in [0.15, 0.2) is 0 Å². The molecule has 30 heavy (non-hydrogen) atoms. The molecule has 5 nitrogen and oxygen atoms in total. The van der Waals surface area contributed by atoms with Crippen LogP contribution in [0.3, 0.4) is 0 Å². The Morgan fingerprint density at radius 3 is 2.40 bits per heavy atom. The van der Waals surface area contributed by atoms with E-state index in [2.05, 4.69) is 11.4 Å². The largest absolute Gasteiger partial charge is 0.459 e.